The Morgan fingerprint density at radius 3 is 2.48 bits per heavy atom. The van der Waals surface area contributed by atoms with Crippen molar-refractivity contribution >= 4 is 12.0 Å². The van der Waals surface area contributed by atoms with Crippen molar-refractivity contribution in [3.63, 3.8) is 0 Å². The highest BCUT2D eigenvalue weighted by molar-refractivity contribution is 6.02. The number of aryl methyl sites for hydroxylation is 2. The number of amides is 1. The normalized spacial score (nSPS) is 12.6. The van der Waals surface area contributed by atoms with E-state index in [1.54, 1.807) is 6.08 Å². The first-order chi connectivity index (χ1) is 11.9. The molecule has 1 N–H and O–H groups in total. The van der Waals surface area contributed by atoms with Gasteiger partial charge in [-0.05, 0) is 64.0 Å². The maximum absolute atomic E-state index is 12.2. The SMILES string of the molecule is CC[C@@H](C)NC(=O)/C(C#N)=C/c1cc(C)n(-c2ccc(C)cc2)c1C. The van der Waals surface area contributed by atoms with Crippen molar-refractivity contribution in [2.45, 2.75) is 47.1 Å². The summed E-state index contributed by atoms with van der Waals surface area (Å²) in [6.45, 7) is 10.0. The van der Waals surface area contributed by atoms with E-state index in [-0.39, 0.29) is 17.5 Å². The second kappa shape index (κ2) is 7.85. The zero-order valence-corrected chi connectivity index (χ0v) is 15.6. The maximum atomic E-state index is 12.2. The molecule has 0 fully saturated rings. The van der Waals surface area contributed by atoms with Gasteiger partial charge in [-0.1, -0.05) is 24.6 Å². The van der Waals surface area contributed by atoms with Crippen molar-refractivity contribution in [1.82, 2.24) is 9.88 Å². The van der Waals surface area contributed by atoms with Crippen LogP contribution in [-0.2, 0) is 4.79 Å². The summed E-state index contributed by atoms with van der Waals surface area (Å²) < 4.78 is 2.13. The number of carbonyl (C=O) groups is 1. The van der Waals surface area contributed by atoms with Gasteiger partial charge in [0.2, 0.25) is 0 Å². The Labute approximate surface area is 149 Å². The van der Waals surface area contributed by atoms with Gasteiger partial charge in [0.05, 0.1) is 0 Å². The molecular weight excluding hydrogens is 310 g/mol. The van der Waals surface area contributed by atoms with Gasteiger partial charge >= 0.3 is 0 Å². The van der Waals surface area contributed by atoms with Crippen LogP contribution < -0.4 is 5.32 Å². The minimum absolute atomic E-state index is 0.0456. The van der Waals surface area contributed by atoms with Crippen LogP contribution in [0.1, 0.15) is 42.8 Å². The fourth-order valence-corrected chi connectivity index (χ4v) is 2.73. The Balaban J connectivity index is 2.40. The quantitative estimate of drug-likeness (QED) is 0.657. The average Bonchev–Trinajstić information content (AvgIpc) is 2.87. The summed E-state index contributed by atoms with van der Waals surface area (Å²) in [5, 5.41) is 12.2. The molecule has 0 saturated heterocycles. The number of nitrogens with one attached hydrogen (secondary N) is 1. The monoisotopic (exact) mass is 335 g/mol. The second-order valence-corrected chi connectivity index (χ2v) is 6.45. The van der Waals surface area contributed by atoms with Crippen LogP contribution in [0.15, 0.2) is 35.9 Å². The third-order valence-corrected chi connectivity index (χ3v) is 4.42. The van der Waals surface area contributed by atoms with E-state index in [4.69, 9.17) is 0 Å². The zero-order valence-electron chi connectivity index (χ0n) is 15.6. The molecule has 0 aliphatic carbocycles. The smallest absolute Gasteiger partial charge is 0.262 e. The van der Waals surface area contributed by atoms with Crippen LogP contribution in [0.3, 0.4) is 0 Å². The Morgan fingerprint density at radius 1 is 1.28 bits per heavy atom. The Kier molecular flexibility index (Phi) is 5.82. The predicted octanol–water partition coefficient (Wildman–Crippen LogP) is 4.22. The lowest BCUT2D eigenvalue weighted by atomic mass is 10.1. The molecule has 0 spiro atoms. The number of hydrogen-bond acceptors (Lipinski definition) is 2. The molecule has 1 atom stereocenters. The van der Waals surface area contributed by atoms with E-state index in [0.717, 1.165) is 29.1 Å². The summed E-state index contributed by atoms with van der Waals surface area (Å²) in [6.07, 6.45) is 2.50. The van der Waals surface area contributed by atoms with Crippen molar-refractivity contribution < 1.29 is 4.79 Å². The summed E-state index contributed by atoms with van der Waals surface area (Å²) in [4.78, 5) is 12.2. The third-order valence-electron chi connectivity index (χ3n) is 4.42. The standard InChI is InChI=1S/C21H25N3O/c1-6-15(3)23-21(25)19(13-22)12-18-11-16(4)24(17(18)5)20-9-7-14(2)8-10-20/h7-12,15H,6H2,1-5H3,(H,23,25)/b19-12+/t15-/m1/s1. The first-order valence-corrected chi connectivity index (χ1v) is 8.56. The molecule has 0 aliphatic rings. The van der Waals surface area contributed by atoms with Gasteiger partial charge in [-0.25, -0.2) is 0 Å². The fourth-order valence-electron chi connectivity index (χ4n) is 2.73. The lowest BCUT2D eigenvalue weighted by Crippen LogP contribution is -2.32. The molecule has 1 heterocycles. The van der Waals surface area contributed by atoms with Crippen LogP contribution >= 0.6 is 0 Å². The molecule has 1 aromatic heterocycles. The van der Waals surface area contributed by atoms with Gasteiger partial charge in [0.25, 0.3) is 5.91 Å². The number of nitriles is 1. The van der Waals surface area contributed by atoms with Crippen LogP contribution in [0.2, 0.25) is 0 Å². The molecule has 0 unspecified atom stereocenters. The fraction of sp³-hybridized carbons (Fsp3) is 0.333. The summed E-state index contributed by atoms with van der Waals surface area (Å²) >= 11 is 0. The number of aromatic nitrogens is 1. The highest BCUT2D eigenvalue weighted by Gasteiger charge is 2.14. The molecule has 1 aromatic carbocycles. The summed E-state index contributed by atoms with van der Waals surface area (Å²) in [5.41, 5.74) is 5.36. The van der Waals surface area contributed by atoms with Crippen molar-refractivity contribution in [3.05, 3.63) is 58.4 Å². The molecule has 4 nitrogen and oxygen atoms in total. The molecule has 0 bridgehead atoms. The van der Waals surface area contributed by atoms with Gasteiger partial charge < -0.3 is 9.88 Å². The number of rotatable bonds is 5. The first-order valence-electron chi connectivity index (χ1n) is 8.56. The maximum Gasteiger partial charge on any atom is 0.262 e. The van der Waals surface area contributed by atoms with Gasteiger partial charge in [0, 0.05) is 23.1 Å². The van der Waals surface area contributed by atoms with Gasteiger partial charge in [-0.3, -0.25) is 4.79 Å². The van der Waals surface area contributed by atoms with Gasteiger partial charge in [0.15, 0.2) is 0 Å². The summed E-state index contributed by atoms with van der Waals surface area (Å²) in [5.74, 6) is -0.322. The zero-order chi connectivity index (χ0) is 18.6. The Bertz CT molecular complexity index is 835. The number of carbonyl (C=O) groups excluding carboxylic acids is 1. The number of nitrogens with zero attached hydrogens (tertiary/aromatic N) is 2. The molecule has 4 heteroatoms. The van der Waals surface area contributed by atoms with E-state index in [0.29, 0.717) is 0 Å². The van der Waals surface area contributed by atoms with Crippen molar-refractivity contribution in [1.29, 1.82) is 5.26 Å². The molecule has 1 amide bonds. The van der Waals surface area contributed by atoms with E-state index in [1.807, 2.05) is 39.8 Å². The Hall–Kier alpha value is -2.80. The molecule has 0 radical (unpaired) electrons. The molecular formula is C21H25N3O. The summed E-state index contributed by atoms with van der Waals surface area (Å²) in [7, 11) is 0. The minimum Gasteiger partial charge on any atom is -0.349 e. The van der Waals surface area contributed by atoms with Crippen LogP contribution in [0.4, 0.5) is 0 Å². The average molecular weight is 335 g/mol. The van der Waals surface area contributed by atoms with Crippen LogP contribution in [-0.4, -0.2) is 16.5 Å². The Morgan fingerprint density at radius 2 is 1.92 bits per heavy atom. The largest absolute Gasteiger partial charge is 0.349 e. The van der Waals surface area contributed by atoms with Crippen molar-refractivity contribution in [2.75, 3.05) is 0 Å². The minimum atomic E-state index is -0.322. The highest BCUT2D eigenvalue weighted by atomic mass is 16.1. The number of benzene rings is 1. The van der Waals surface area contributed by atoms with E-state index in [2.05, 4.69) is 41.1 Å². The highest BCUT2D eigenvalue weighted by Crippen LogP contribution is 2.23. The number of hydrogen-bond donors (Lipinski definition) is 1. The van der Waals surface area contributed by atoms with Crippen molar-refractivity contribution in [3.8, 4) is 11.8 Å². The van der Waals surface area contributed by atoms with E-state index in [9.17, 15) is 10.1 Å². The topological polar surface area (TPSA) is 57.8 Å². The van der Waals surface area contributed by atoms with E-state index >= 15 is 0 Å². The molecule has 25 heavy (non-hydrogen) atoms. The van der Waals surface area contributed by atoms with Gasteiger partial charge in [-0.15, -0.1) is 0 Å². The summed E-state index contributed by atoms with van der Waals surface area (Å²) in [6, 6.07) is 12.4. The van der Waals surface area contributed by atoms with Crippen LogP contribution in [0.5, 0.6) is 0 Å². The van der Waals surface area contributed by atoms with Crippen LogP contribution in [0.25, 0.3) is 11.8 Å². The predicted molar refractivity (Wildman–Crippen MR) is 101 cm³/mol. The molecule has 130 valence electrons. The first kappa shape index (κ1) is 18.5. The molecule has 0 aliphatic heterocycles. The van der Waals surface area contributed by atoms with Crippen LogP contribution in [0, 0.1) is 32.1 Å². The lowest BCUT2D eigenvalue weighted by molar-refractivity contribution is -0.117. The molecule has 2 rings (SSSR count). The lowest BCUT2D eigenvalue weighted by Gasteiger charge is -2.11. The molecule has 0 saturated carbocycles. The van der Waals surface area contributed by atoms with Gasteiger partial charge in [-0.2, -0.15) is 5.26 Å². The van der Waals surface area contributed by atoms with E-state index in [1.165, 1.54) is 5.56 Å². The second-order valence-electron chi connectivity index (χ2n) is 6.45. The van der Waals surface area contributed by atoms with Gasteiger partial charge in [0.1, 0.15) is 11.6 Å². The third kappa shape index (κ3) is 4.19. The molecule has 2 aromatic rings. The van der Waals surface area contributed by atoms with E-state index < -0.39 is 0 Å². The van der Waals surface area contributed by atoms with Crippen molar-refractivity contribution in [2.24, 2.45) is 0 Å².